The number of hydrogen-bond donors (Lipinski definition) is 0. The summed E-state index contributed by atoms with van der Waals surface area (Å²) in [4.78, 5) is 4.04. The summed E-state index contributed by atoms with van der Waals surface area (Å²) in [5.41, 5.74) is 0.891. The van der Waals surface area contributed by atoms with Crippen LogP contribution in [0.4, 0.5) is 4.39 Å². The van der Waals surface area contributed by atoms with E-state index < -0.39 is 0 Å². The second kappa shape index (κ2) is 3.54. The standard InChI is InChI=1S/C11H9ClFN/c1-2-7-5-14-6-8-3-4-9(12)11(13)10(7)8/h3-6H,2H2,1H3. The molecule has 1 aromatic heterocycles. The average molecular weight is 210 g/mol. The SMILES string of the molecule is CCc1cncc2ccc(Cl)c(F)c12. The molecule has 0 amide bonds. The Bertz CT molecular complexity index is 482. The summed E-state index contributed by atoms with van der Waals surface area (Å²) >= 11 is 5.72. The van der Waals surface area contributed by atoms with Crippen LogP contribution in [0, 0.1) is 5.82 Å². The molecule has 0 aliphatic carbocycles. The number of pyridine rings is 1. The van der Waals surface area contributed by atoms with Gasteiger partial charge in [-0.05, 0) is 18.1 Å². The van der Waals surface area contributed by atoms with E-state index in [0.717, 1.165) is 17.4 Å². The van der Waals surface area contributed by atoms with Gasteiger partial charge >= 0.3 is 0 Å². The van der Waals surface area contributed by atoms with Crippen LogP contribution in [0.2, 0.25) is 5.02 Å². The minimum Gasteiger partial charge on any atom is -0.264 e. The molecule has 1 heterocycles. The Kier molecular flexibility index (Phi) is 2.38. The monoisotopic (exact) mass is 209 g/mol. The normalized spacial score (nSPS) is 10.8. The molecule has 0 saturated carbocycles. The lowest BCUT2D eigenvalue weighted by Crippen LogP contribution is -1.90. The molecular weight excluding hydrogens is 201 g/mol. The molecule has 0 unspecified atom stereocenters. The second-order valence-electron chi connectivity index (χ2n) is 3.11. The molecule has 0 aliphatic rings. The first-order chi connectivity index (χ1) is 6.74. The van der Waals surface area contributed by atoms with Gasteiger partial charge in [0.2, 0.25) is 0 Å². The summed E-state index contributed by atoms with van der Waals surface area (Å²) in [5, 5.41) is 1.56. The number of nitrogens with zero attached hydrogens (tertiary/aromatic N) is 1. The van der Waals surface area contributed by atoms with Crippen molar-refractivity contribution in [3.63, 3.8) is 0 Å². The zero-order valence-corrected chi connectivity index (χ0v) is 8.48. The molecule has 3 heteroatoms. The highest BCUT2D eigenvalue weighted by molar-refractivity contribution is 6.31. The molecule has 2 aromatic rings. The van der Waals surface area contributed by atoms with Crippen molar-refractivity contribution in [3.05, 3.63) is 40.9 Å². The fraction of sp³-hybridized carbons (Fsp3) is 0.182. The van der Waals surface area contributed by atoms with Gasteiger partial charge in [0, 0.05) is 23.2 Å². The molecule has 0 fully saturated rings. The quantitative estimate of drug-likeness (QED) is 0.700. The Hall–Kier alpha value is -1.15. The summed E-state index contributed by atoms with van der Waals surface area (Å²) in [6.07, 6.45) is 4.08. The highest BCUT2D eigenvalue weighted by Crippen LogP contribution is 2.26. The summed E-state index contributed by atoms with van der Waals surface area (Å²) in [6.45, 7) is 1.97. The lowest BCUT2D eigenvalue weighted by atomic mass is 10.1. The van der Waals surface area contributed by atoms with Crippen LogP contribution < -0.4 is 0 Å². The van der Waals surface area contributed by atoms with Crippen LogP contribution in [0.25, 0.3) is 10.8 Å². The smallest absolute Gasteiger partial charge is 0.149 e. The summed E-state index contributed by atoms with van der Waals surface area (Å²) in [7, 11) is 0. The van der Waals surface area contributed by atoms with Gasteiger partial charge in [0.1, 0.15) is 5.82 Å². The number of fused-ring (bicyclic) bond motifs is 1. The third-order valence-corrected chi connectivity index (χ3v) is 2.56. The van der Waals surface area contributed by atoms with E-state index in [1.807, 2.05) is 6.92 Å². The van der Waals surface area contributed by atoms with Crippen LogP contribution in [0.15, 0.2) is 24.5 Å². The predicted molar refractivity (Wildman–Crippen MR) is 56.1 cm³/mol. The molecule has 2 rings (SSSR count). The Balaban J connectivity index is 2.89. The molecule has 0 N–H and O–H groups in total. The number of aromatic nitrogens is 1. The van der Waals surface area contributed by atoms with Gasteiger partial charge in [0.25, 0.3) is 0 Å². The van der Waals surface area contributed by atoms with Crippen LogP contribution in [0.1, 0.15) is 12.5 Å². The zero-order valence-electron chi connectivity index (χ0n) is 7.72. The van der Waals surface area contributed by atoms with Crippen LogP contribution in [-0.2, 0) is 6.42 Å². The maximum atomic E-state index is 13.7. The Labute approximate surface area is 86.5 Å². The average Bonchev–Trinajstić information content (AvgIpc) is 2.23. The van der Waals surface area contributed by atoms with Crippen LogP contribution in [0.5, 0.6) is 0 Å². The fourth-order valence-corrected chi connectivity index (χ4v) is 1.70. The molecule has 1 nitrogen and oxygen atoms in total. The third kappa shape index (κ3) is 1.36. The number of aryl methyl sites for hydroxylation is 1. The lowest BCUT2D eigenvalue weighted by molar-refractivity contribution is 0.639. The molecule has 0 radical (unpaired) electrons. The first-order valence-corrected chi connectivity index (χ1v) is 4.82. The summed E-state index contributed by atoms with van der Waals surface area (Å²) in [5.74, 6) is -0.344. The van der Waals surface area contributed by atoms with Crippen molar-refractivity contribution in [1.29, 1.82) is 0 Å². The van der Waals surface area contributed by atoms with Crippen molar-refractivity contribution in [2.24, 2.45) is 0 Å². The zero-order chi connectivity index (χ0) is 10.1. The number of halogens is 2. The molecule has 0 aliphatic heterocycles. The molecule has 0 saturated heterocycles. The van der Waals surface area contributed by atoms with Crippen molar-refractivity contribution < 1.29 is 4.39 Å². The molecule has 0 atom stereocenters. The largest absolute Gasteiger partial charge is 0.264 e. The van der Waals surface area contributed by atoms with Gasteiger partial charge in [-0.3, -0.25) is 4.98 Å². The minimum absolute atomic E-state index is 0.165. The third-order valence-electron chi connectivity index (χ3n) is 2.27. The van der Waals surface area contributed by atoms with Gasteiger partial charge < -0.3 is 0 Å². The van der Waals surface area contributed by atoms with E-state index in [4.69, 9.17) is 11.6 Å². The van der Waals surface area contributed by atoms with E-state index in [9.17, 15) is 4.39 Å². The Morgan fingerprint density at radius 3 is 2.86 bits per heavy atom. The molecule has 1 aromatic carbocycles. The van der Waals surface area contributed by atoms with Crippen molar-refractivity contribution in [2.75, 3.05) is 0 Å². The molecule has 0 spiro atoms. The second-order valence-corrected chi connectivity index (χ2v) is 3.52. The maximum Gasteiger partial charge on any atom is 0.149 e. The molecular formula is C11H9ClFN. The van der Waals surface area contributed by atoms with E-state index in [-0.39, 0.29) is 10.8 Å². The van der Waals surface area contributed by atoms with Crippen molar-refractivity contribution in [1.82, 2.24) is 4.98 Å². The summed E-state index contributed by atoms with van der Waals surface area (Å²) < 4.78 is 13.7. The fourth-order valence-electron chi connectivity index (χ4n) is 1.54. The number of benzene rings is 1. The first-order valence-electron chi connectivity index (χ1n) is 4.44. The van der Waals surface area contributed by atoms with Crippen LogP contribution in [-0.4, -0.2) is 4.98 Å². The van der Waals surface area contributed by atoms with Crippen molar-refractivity contribution in [3.8, 4) is 0 Å². The van der Waals surface area contributed by atoms with E-state index in [2.05, 4.69) is 4.98 Å². The maximum absolute atomic E-state index is 13.7. The van der Waals surface area contributed by atoms with Crippen molar-refractivity contribution in [2.45, 2.75) is 13.3 Å². The van der Waals surface area contributed by atoms with Gasteiger partial charge in [0.05, 0.1) is 5.02 Å². The predicted octanol–water partition coefficient (Wildman–Crippen LogP) is 3.59. The summed E-state index contributed by atoms with van der Waals surface area (Å²) in [6, 6.07) is 3.34. The van der Waals surface area contributed by atoms with E-state index in [1.165, 1.54) is 0 Å². The Morgan fingerprint density at radius 2 is 2.14 bits per heavy atom. The van der Waals surface area contributed by atoms with E-state index in [1.54, 1.807) is 24.5 Å². The van der Waals surface area contributed by atoms with Gasteiger partial charge in [-0.2, -0.15) is 0 Å². The molecule has 14 heavy (non-hydrogen) atoms. The Morgan fingerprint density at radius 1 is 1.36 bits per heavy atom. The minimum atomic E-state index is -0.344. The van der Waals surface area contributed by atoms with Crippen LogP contribution in [0.3, 0.4) is 0 Å². The molecule has 72 valence electrons. The van der Waals surface area contributed by atoms with Crippen LogP contribution >= 0.6 is 11.6 Å². The van der Waals surface area contributed by atoms with E-state index in [0.29, 0.717) is 5.39 Å². The number of hydrogen-bond acceptors (Lipinski definition) is 1. The van der Waals surface area contributed by atoms with Gasteiger partial charge in [-0.25, -0.2) is 4.39 Å². The first kappa shape index (κ1) is 9.41. The van der Waals surface area contributed by atoms with E-state index >= 15 is 0 Å². The highest BCUT2D eigenvalue weighted by Gasteiger charge is 2.08. The number of rotatable bonds is 1. The lowest BCUT2D eigenvalue weighted by Gasteiger charge is -2.05. The van der Waals surface area contributed by atoms with Crippen molar-refractivity contribution >= 4 is 22.4 Å². The van der Waals surface area contributed by atoms with Gasteiger partial charge in [-0.1, -0.05) is 24.6 Å². The topological polar surface area (TPSA) is 12.9 Å². The highest BCUT2D eigenvalue weighted by atomic mass is 35.5. The molecule has 0 bridgehead atoms. The van der Waals surface area contributed by atoms with Gasteiger partial charge in [-0.15, -0.1) is 0 Å². The van der Waals surface area contributed by atoms with Gasteiger partial charge in [0.15, 0.2) is 0 Å².